The Kier molecular flexibility index (Phi) is 7.81. The van der Waals surface area contributed by atoms with Crippen molar-refractivity contribution in [3.05, 3.63) is 80.9 Å². The zero-order chi connectivity index (χ0) is 25.1. The molecule has 0 bridgehead atoms. The molecule has 0 radical (unpaired) electrons. The smallest absolute Gasteiger partial charge is 0.234 e. The van der Waals surface area contributed by atoms with E-state index < -0.39 is 0 Å². The van der Waals surface area contributed by atoms with E-state index in [9.17, 15) is 9.90 Å². The highest BCUT2D eigenvalue weighted by molar-refractivity contribution is 14.1. The second-order valence-electron chi connectivity index (χ2n) is 8.67. The molecule has 0 fully saturated rings. The average Bonchev–Trinajstić information content (AvgIpc) is 3.22. The van der Waals surface area contributed by atoms with Crippen molar-refractivity contribution in [3.63, 3.8) is 0 Å². The van der Waals surface area contributed by atoms with E-state index in [0.717, 1.165) is 31.6 Å². The van der Waals surface area contributed by atoms with Crippen molar-refractivity contribution in [2.75, 3.05) is 11.1 Å². The lowest BCUT2D eigenvalue weighted by Crippen LogP contribution is -2.16. The monoisotopic (exact) mass is 598 g/mol. The van der Waals surface area contributed by atoms with E-state index in [0.29, 0.717) is 22.5 Å². The van der Waals surface area contributed by atoms with Crippen LogP contribution >= 0.6 is 34.4 Å². The fourth-order valence-corrected chi connectivity index (χ4v) is 5.18. The van der Waals surface area contributed by atoms with E-state index in [1.54, 1.807) is 12.1 Å². The zero-order valence-corrected chi connectivity index (χ0v) is 23.0. The number of nitrogens with one attached hydrogen (secondary N) is 1. The molecule has 1 heterocycles. The number of benzene rings is 3. The normalized spacial score (nSPS) is 11.1. The second kappa shape index (κ2) is 10.8. The molecule has 0 aliphatic heterocycles. The number of amides is 1. The van der Waals surface area contributed by atoms with Crippen LogP contribution in [0.5, 0.6) is 5.75 Å². The molecule has 6 nitrogen and oxygen atoms in total. The van der Waals surface area contributed by atoms with Crippen LogP contribution in [0.3, 0.4) is 0 Å². The summed E-state index contributed by atoms with van der Waals surface area (Å²) in [7, 11) is 0. The third-order valence-electron chi connectivity index (χ3n) is 5.61. The summed E-state index contributed by atoms with van der Waals surface area (Å²) < 4.78 is 3.04. The number of rotatable bonds is 7. The number of thioether (sulfide) groups is 1. The largest absolute Gasteiger partial charge is 0.507 e. The van der Waals surface area contributed by atoms with Crippen LogP contribution < -0.4 is 5.32 Å². The number of para-hydroxylation sites is 1. The highest BCUT2D eigenvalue weighted by Crippen LogP contribution is 2.34. The van der Waals surface area contributed by atoms with Crippen molar-refractivity contribution in [1.29, 1.82) is 0 Å². The molecule has 0 spiro atoms. The number of aromatic hydroxyl groups is 1. The topological polar surface area (TPSA) is 80.0 Å². The van der Waals surface area contributed by atoms with Gasteiger partial charge in [0.25, 0.3) is 0 Å². The van der Waals surface area contributed by atoms with Crippen molar-refractivity contribution in [3.8, 4) is 22.8 Å². The number of nitrogens with zero attached hydrogens (tertiary/aromatic N) is 3. The van der Waals surface area contributed by atoms with Gasteiger partial charge in [-0.05, 0) is 89.9 Å². The fraction of sp³-hybridized carbons (Fsp3) is 0.222. The molecule has 0 atom stereocenters. The number of phenols is 1. The van der Waals surface area contributed by atoms with Crippen LogP contribution in [0.1, 0.15) is 36.5 Å². The number of carbonyl (C=O) groups excluding carboxylic acids is 1. The van der Waals surface area contributed by atoms with Crippen LogP contribution in [-0.2, 0) is 4.79 Å². The van der Waals surface area contributed by atoms with Gasteiger partial charge in [0.15, 0.2) is 11.0 Å². The molecule has 1 aromatic heterocycles. The number of anilines is 1. The maximum atomic E-state index is 12.9. The molecular formula is C27H27IN4O2S. The molecule has 4 rings (SSSR count). The van der Waals surface area contributed by atoms with Crippen LogP contribution in [0.4, 0.5) is 5.69 Å². The number of halogens is 1. The van der Waals surface area contributed by atoms with E-state index in [4.69, 9.17) is 0 Å². The lowest BCUT2D eigenvalue weighted by Gasteiger charge is -2.15. The molecule has 1 amide bonds. The summed E-state index contributed by atoms with van der Waals surface area (Å²) >= 11 is 3.60. The Morgan fingerprint density at radius 3 is 2.57 bits per heavy atom. The quantitative estimate of drug-likeness (QED) is 0.183. The number of aryl methyl sites for hydroxylation is 2. The summed E-state index contributed by atoms with van der Waals surface area (Å²) in [4.78, 5) is 12.9. The molecule has 4 aromatic rings. The Morgan fingerprint density at radius 2 is 1.86 bits per heavy atom. The first kappa shape index (κ1) is 25.2. The summed E-state index contributed by atoms with van der Waals surface area (Å²) in [6, 6.07) is 19.2. The van der Waals surface area contributed by atoms with Gasteiger partial charge in [-0.3, -0.25) is 9.36 Å². The molecular weight excluding hydrogens is 571 g/mol. The van der Waals surface area contributed by atoms with E-state index >= 15 is 0 Å². The first-order valence-electron chi connectivity index (χ1n) is 11.3. The Bertz CT molecular complexity index is 1380. The molecule has 180 valence electrons. The molecule has 0 aliphatic carbocycles. The van der Waals surface area contributed by atoms with Gasteiger partial charge < -0.3 is 10.4 Å². The van der Waals surface area contributed by atoms with E-state index in [1.807, 2.05) is 54.8 Å². The molecule has 0 unspecified atom stereocenters. The maximum absolute atomic E-state index is 12.9. The standard InChI is InChI=1S/C27H27IN4O2S/c1-16(2)21-14-19(28)10-11-22(21)29-25(34)15-35-27-31-30-26(20-7-5-6-8-24(20)33)32(27)23-12-9-17(3)13-18(23)4/h5-14,16,33H,15H2,1-4H3,(H,29,34). The average molecular weight is 599 g/mol. The Balaban J connectivity index is 1.64. The van der Waals surface area contributed by atoms with Crippen molar-refractivity contribution in [2.45, 2.75) is 38.8 Å². The van der Waals surface area contributed by atoms with Crippen molar-refractivity contribution in [1.82, 2.24) is 14.8 Å². The van der Waals surface area contributed by atoms with Crippen molar-refractivity contribution in [2.24, 2.45) is 0 Å². The SMILES string of the molecule is Cc1ccc(-n2c(SCC(=O)Nc3ccc(I)cc3C(C)C)nnc2-c2ccccc2O)c(C)c1. The van der Waals surface area contributed by atoms with Gasteiger partial charge in [-0.1, -0.05) is 55.4 Å². The third kappa shape index (κ3) is 5.70. The Labute approximate surface area is 223 Å². The van der Waals surface area contributed by atoms with Gasteiger partial charge in [-0.25, -0.2) is 0 Å². The zero-order valence-electron chi connectivity index (χ0n) is 20.0. The van der Waals surface area contributed by atoms with Gasteiger partial charge in [0.1, 0.15) is 5.75 Å². The maximum Gasteiger partial charge on any atom is 0.234 e. The summed E-state index contributed by atoms with van der Waals surface area (Å²) in [5.41, 5.74) is 5.62. The van der Waals surface area contributed by atoms with Crippen LogP contribution in [0.15, 0.2) is 65.8 Å². The van der Waals surface area contributed by atoms with Gasteiger partial charge in [-0.15, -0.1) is 10.2 Å². The number of aromatic nitrogens is 3. The lowest BCUT2D eigenvalue weighted by atomic mass is 10.0. The highest BCUT2D eigenvalue weighted by atomic mass is 127. The van der Waals surface area contributed by atoms with E-state index in [1.165, 1.54) is 11.8 Å². The van der Waals surface area contributed by atoms with Gasteiger partial charge in [0.05, 0.1) is 17.0 Å². The van der Waals surface area contributed by atoms with E-state index in [-0.39, 0.29) is 17.4 Å². The third-order valence-corrected chi connectivity index (χ3v) is 7.21. The van der Waals surface area contributed by atoms with Gasteiger partial charge in [0, 0.05) is 9.26 Å². The first-order chi connectivity index (χ1) is 16.7. The highest BCUT2D eigenvalue weighted by Gasteiger charge is 2.21. The fourth-order valence-electron chi connectivity index (χ4n) is 3.92. The Morgan fingerprint density at radius 1 is 1.09 bits per heavy atom. The van der Waals surface area contributed by atoms with Crippen LogP contribution in [0, 0.1) is 17.4 Å². The molecule has 2 N–H and O–H groups in total. The molecule has 3 aromatic carbocycles. The van der Waals surface area contributed by atoms with Crippen molar-refractivity contribution < 1.29 is 9.90 Å². The number of carbonyl (C=O) groups is 1. The minimum Gasteiger partial charge on any atom is -0.507 e. The number of hydrogen-bond donors (Lipinski definition) is 2. The second-order valence-corrected chi connectivity index (χ2v) is 10.9. The van der Waals surface area contributed by atoms with Gasteiger partial charge in [0.2, 0.25) is 5.91 Å². The Hall–Kier alpha value is -2.85. The minimum atomic E-state index is -0.114. The lowest BCUT2D eigenvalue weighted by molar-refractivity contribution is -0.113. The predicted octanol–water partition coefficient (Wildman–Crippen LogP) is 6.72. The number of phenolic OH excluding ortho intramolecular Hbond substituents is 1. The van der Waals surface area contributed by atoms with Crippen LogP contribution in [-0.4, -0.2) is 31.5 Å². The summed E-state index contributed by atoms with van der Waals surface area (Å²) in [6.45, 7) is 8.30. The summed E-state index contributed by atoms with van der Waals surface area (Å²) in [5.74, 6) is 1.00. The molecule has 0 aliphatic rings. The predicted molar refractivity (Wildman–Crippen MR) is 151 cm³/mol. The van der Waals surface area contributed by atoms with Crippen LogP contribution in [0.2, 0.25) is 0 Å². The van der Waals surface area contributed by atoms with E-state index in [2.05, 4.69) is 64.1 Å². The van der Waals surface area contributed by atoms with Crippen molar-refractivity contribution >= 4 is 45.9 Å². The molecule has 0 saturated carbocycles. The molecule has 0 saturated heterocycles. The molecule has 35 heavy (non-hydrogen) atoms. The summed E-state index contributed by atoms with van der Waals surface area (Å²) in [5, 5.41) is 22.9. The van der Waals surface area contributed by atoms with Gasteiger partial charge >= 0.3 is 0 Å². The molecule has 8 heteroatoms. The van der Waals surface area contributed by atoms with Crippen LogP contribution in [0.25, 0.3) is 17.1 Å². The summed E-state index contributed by atoms with van der Waals surface area (Å²) in [6.07, 6.45) is 0. The minimum absolute atomic E-state index is 0.114. The van der Waals surface area contributed by atoms with Gasteiger partial charge in [-0.2, -0.15) is 0 Å². The first-order valence-corrected chi connectivity index (χ1v) is 13.3. The number of hydrogen-bond acceptors (Lipinski definition) is 5.